The van der Waals surface area contributed by atoms with E-state index in [1.54, 1.807) is 12.1 Å². The Hall–Kier alpha value is -3.62. The molecule has 0 saturated carbocycles. The first-order valence-electron chi connectivity index (χ1n) is 7.81. The van der Waals surface area contributed by atoms with Gasteiger partial charge >= 0.3 is 5.97 Å². The number of ether oxygens (including phenoxy) is 3. The van der Waals surface area contributed by atoms with Crippen LogP contribution in [0.1, 0.15) is 38.8 Å². The molecule has 1 aliphatic rings. The number of hydrogen-bond donors (Lipinski definition) is 0. The number of hydrogen-bond acceptors (Lipinski definition) is 8. The maximum atomic E-state index is 12.5. The molecular formula is C18H14NO8-. The fraction of sp³-hybridized carbons (Fsp3) is 0.222. The summed E-state index contributed by atoms with van der Waals surface area (Å²) in [6.07, 6.45) is -1.26. The smallest absolute Gasteiger partial charge is 0.343 e. The highest BCUT2D eigenvalue weighted by molar-refractivity contribution is 6.02. The first-order valence-corrected chi connectivity index (χ1v) is 7.81. The summed E-state index contributed by atoms with van der Waals surface area (Å²) in [5.74, 6) is -1.46. The van der Waals surface area contributed by atoms with Crippen LogP contribution >= 0.6 is 0 Å². The lowest BCUT2D eigenvalue weighted by Crippen LogP contribution is -2.10. The third-order valence-electron chi connectivity index (χ3n) is 4.22. The van der Waals surface area contributed by atoms with Crippen LogP contribution in [0.3, 0.4) is 0 Å². The van der Waals surface area contributed by atoms with Crippen molar-refractivity contribution < 1.29 is 33.8 Å². The zero-order chi connectivity index (χ0) is 19.7. The van der Waals surface area contributed by atoms with Gasteiger partial charge in [0.05, 0.1) is 25.6 Å². The Morgan fingerprint density at radius 1 is 1.22 bits per heavy atom. The van der Waals surface area contributed by atoms with Crippen molar-refractivity contribution in [2.24, 2.45) is 0 Å². The van der Waals surface area contributed by atoms with E-state index >= 15 is 0 Å². The molecule has 9 nitrogen and oxygen atoms in total. The average Bonchev–Trinajstić information content (AvgIpc) is 2.96. The van der Waals surface area contributed by atoms with E-state index in [0.29, 0.717) is 11.3 Å². The van der Waals surface area contributed by atoms with Crippen LogP contribution in [0.15, 0.2) is 30.3 Å². The highest BCUT2D eigenvalue weighted by atomic mass is 16.6. The lowest BCUT2D eigenvalue weighted by Gasteiger charge is -2.15. The van der Waals surface area contributed by atoms with Crippen molar-refractivity contribution in [3.63, 3.8) is 0 Å². The van der Waals surface area contributed by atoms with Crippen molar-refractivity contribution in [1.82, 2.24) is 0 Å². The van der Waals surface area contributed by atoms with Gasteiger partial charge in [0, 0.05) is 23.3 Å². The van der Waals surface area contributed by atoms with Gasteiger partial charge in [0.15, 0.2) is 17.3 Å². The molecule has 0 amide bonds. The highest BCUT2D eigenvalue weighted by Crippen LogP contribution is 2.43. The Bertz CT molecular complexity index is 953. The van der Waals surface area contributed by atoms with Crippen molar-refractivity contribution in [3.05, 3.63) is 57.1 Å². The molecule has 9 heteroatoms. The van der Waals surface area contributed by atoms with E-state index in [1.807, 2.05) is 0 Å². The van der Waals surface area contributed by atoms with E-state index in [2.05, 4.69) is 0 Å². The maximum absolute atomic E-state index is 12.5. The molecule has 0 radical (unpaired) electrons. The molecule has 0 aliphatic carbocycles. The number of ketones is 1. The molecule has 3 rings (SSSR count). The van der Waals surface area contributed by atoms with E-state index in [9.17, 15) is 24.8 Å². The maximum Gasteiger partial charge on any atom is 0.343 e. The van der Waals surface area contributed by atoms with Crippen molar-refractivity contribution >= 4 is 17.4 Å². The summed E-state index contributed by atoms with van der Waals surface area (Å²) in [6.45, 7) is 0. The van der Waals surface area contributed by atoms with E-state index in [-0.39, 0.29) is 29.0 Å². The van der Waals surface area contributed by atoms with Crippen LogP contribution in [-0.4, -0.2) is 30.9 Å². The molecule has 1 atom stereocenters. The minimum absolute atomic E-state index is 0.149. The molecule has 140 valence electrons. The SMILES string of the molecule is COc1ccc2c(c1OC)C(=O)O[C@@H]2CC(=O)c1cc([N+](=O)[O-])ccc1[O-]. The summed E-state index contributed by atoms with van der Waals surface area (Å²) in [6, 6.07) is 6.07. The van der Waals surface area contributed by atoms with Crippen LogP contribution in [0, 0.1) is 10.1 Å². The molecule has 1 heterocycles. The van der Waals surface area contributed by atoms with Crippen molar-refractivity contribution in [3.8, 4) is 17.2 Å². The van der Waals surface area contributed by atoms with Crippen molar-refractivity contribution in [2.45, 2.75) is 12.5 Å². The highest BCUT2D eigenvalue weighted by Gasteiger charge is 2.37. The second-order valence-electron chi connectivity index (χ2n) is 5.72. The predicted octanol–water partition coefficient (Wildman–Crippen LogP) is 2.17. The van der Waals surface area contributed by atoms with Gasteiger partial charge in [-0.15, -0.1) is 0 Å². The number of benzene rings is 2. The van der Waals surface area contributed by atoms with Gasteiger partial charge in [0.1, 0.15) is 11.7 Å². The monoisotopic (exact) mass is 372 g/mol. The number of esters is 1. The first kappa shape index (κ1) is 18.2. The number of nitro groups is 1. The third kappa shape index (κ3) is 3.14. The van der Waals surface area contributed by atoms with Gasteiger partial charge in [0.25, 0.3) is 5.69 Å². The van der Waals surface area contributed by atoms with Gasteiger partial charge in [-0.05, 0) is 6.07 Å². The van der Waals surface area contributed by atoms with Gasteiger partial charge < -0.3 is 19.3 Å². The first-order chi connectivity index (χ1) is 12.9. The zero-order valence-corrected chi connectivity index (χ0v) is 14.4. The summed E-state index contributed by atoms with van der Waals surface area (Å²) >= 11 is 0. The Morgan fingerprint density at radius 3 is 2.59 bits per heavy atom. The zero-order valence-electron chi connectivity index (χ0n) is 14.4. The number of Topliss-reactive ketones (excluding diaryl/α,β-unsaturated/α-hetero) is 1. The molecule has 0 spiro atoms. The van der Waals surface area contributed by atoms with Crippen LogP contribution in [-0.2, 0) is 4.74 Å². The Kier molecular flexibility index (Phi) is 4.68. The molecule has 0 saturated heterocycles. The van der Waals surface area contributed by atoms with Gasteiger partial charge in [0.2, 0.25) is 0 Å². The van der Waals surface area contributed by atoms with Gasteiger partial charge in [-0.2, -0.15) is 0 Å². The molecule has 1 aliphatic heterocycles. The third-order valence-corrected chi connectivity index (χ3v) is 4.22. The van der Waals surface area contributed by atoms with E-state index < -0.39 is 28.5 Å². The number of nitro benzene ring substituents is 1. The number of cyclic esters (lactones) is 1. The number of non-ortho nitro benzene ring substituents is 1. The lowest BCUT2D eigenvalue weighted by atomic mass is 9.97. The second-order valence-corrected chi connectivity index (χ2v) is 5.72. The fourth-order valence-corrected chi connectivity index (χ4v) is 2.95. The summed E-state index contributed by atoms with van der Waals surface area (Å²) in [4.78, 5) is 34.9. The number of nitrogens with zero attached hydrogens (tertiary/aromatic N) is 1. The summed E-state index contributed by atoms with van der Waals surface area (Å²) in [7, 11) is 2.79. The van der Waals surface area contributed by atoms with E-state index in [4.69, 9.17) is 14.2 Å². The normalized spacial score (nSPS) is 15.0. The van der Waals surface area contributed by atoms with Crippen LogP contribution in [0.25, 0.3) is 0 Å². The number of fused-ring (bicyclic) bond motifs is 1. The van der Waals surface area contributed by atoms with Gasteiger partial charge in [-0.3, -0.25) is 14.9 Å². The number of methoxy groups -OCH3 is 2. The van der Waals surface area contributed by atoms with Gasteiger partial charge in [-0.25, -0.2) is 4.79 Å². The van der Waals surface area contributed by atoms with Crippen LogP contribution < -0.4 is 14.6 Å². The van der Waals surface area contributed by atoms with Crippen LogP contribution in [0.5, 0.6) is 17.2 Å². The summed E-state index contributed by atoms with van der Waals surface area (Å²) in [5.41, 5.74) is -0.123. The topological polar surface area (TPSA) is 128 Å². The second kappa shape index (κ2) is 6.94. The Labute approximate surface area is 153 Å². The van der Waals surface area contributed by atoms with Crippen LogP contribution in [0.4, 0.5) is 5.69 Å². The quantitative estimate of drug-likeness (QED) is 0.327. The number of rotatable bonds is 6. The number of carbonyl (C=O) groups is 2. The minimum atomic E-state index is -0.932. The molecule has 2 aromatic carbocycles. The van der Waals surface area contributed by atoms with E-state index in [0.717, 1.165) is 18.2 Å². The average molecular weight is 372 g/mol. The summed E-state index contributed by atoms with van der Waals surface area (Å²) < 4.78 is 15.6. The summed E-state index contributed by atoms with van der Waals surface area (Å²) in [5, 5.41) is 22.8. The molecule has 0 unspecified atom stereocenters. The molecule has 0 bridgehead atoms. The largest absolute Gasteiger partial charge is 0.872 e. The molecule has 2 aromatic rings. The standard InChI is InChI=1S/C18H15NO8/c1-25-14-6-4-10-15(27-18(22)16(10)17(14)26-2)8-13(21)11-7-9(19(23)24)3-5-12(11)20/h3-7,15,20H,8H2,1-2H3/p-1/t15-/m1/s1. The fourth-order valence-electron chi connectivity index (χ4n) is 2.95. The Morgan fingerprint density at radius 2 is 1.96 bits per heavy atom. The molecule has 0 aromatic heterocycles. The molecule has 0 N–H and O–H groups in total. The van der Waals surface area contributed by atoms with Gasteiger partial charge in [-0.1, -0.05) is 17.9 Å². The van der Waals surface area contributed by atoms with Crippen molar-refractivity contribution in [1.29, 1.82) is 0 Å². The van der Waals surface area contributed by atoms with E-state index in [1.165, 1.54) is 14.2 Å². The Balaban J connectivity index is 1.93. The molecule has 27 heavy (non-hydrogen) atoms. The predicted molar refractivity (Wildman–Crippen MR) is 89.2 cm³/mol. The van der Waals surface area contributed by atoms with Crippen molar-refractivity contribution in [2.75, 3.05) is 14.2 Å². The lowest BCUT2D eigenvalue weighted by molar-refractivity contribution is -0.385. The number of carbonyl (C=O) groups excluding carboxylic acids is 2. The van der Waals surface area contributed by atoms with Crippen LogP contribution in [0.2, 0.25) is 0 Å². The minimum Gasteiger partial charge on any atom is -0.872 e. The molecule has 0 fully saturated rings. The molecular weight excluding hydrogens is 358 g/mol.